The van der Waals surface area contributed by atoms with Crippen LogP contribution in [0.15, 0.2) is 42.5 Å². The van der Waals surface area contributed by atoms with Gasteiger partial charge < -0.3 is 14.6 Å². The predicted octanol–water partition coefficient (Wildman–Crippen LogP) is 4.08. The van der Waals surface area contributed by atoms with Gasteiger partial charge >= 0.3 is 5.97 Å². The summed E-state index contributed by atoms with van der Waals surface area (Å²) in [4.78, 5) is 10.8. The second-order valence-corrected chi connectivity index (χ2v) is 5.74. The third-order valence-electron chi connectivity index (χ3n) is 3.55. The summed E-state index contributed by atoms with van der Waals surface area (Å²) in [6.45, 7) is 2.33. The Labute approximate surface area is 145 Å². The van der Waals surface area contributed by atoms with Crippen molar-refractivity contribution in [3.63, 3.8) is 0 Å². The lowest BCUT2D eigenvalue weighted by Gasteiger charge is -2.10. The molecule has 25 heavy (non-hydrogen) atoms. The van der Waals surface area contributed by atoms with Gasteiger partial charge in [0.1, 0.15) is 23.1 Å². The van der Waals surface area contributed by atoms with Crippen molar-refractivity contribution in [2.45, 2.75) is 19.8 Å². The van der Waals surface area contributed by atoms with Gasteiger partial charge in [0, 0.05) is 24.6 Å². The van der Waals surface area contributed by atoms with Crippen LogP contribution in [0, 0.1) is 17.6 Å². The van der Waals surface area contributed by atoms with Gasteiger partial charge in [-0.1, -0.05) is 19.1 Å². The average Bonchev–Trinajstić information content (AvgIpc) is 2.55. The lowest BCUT2D eigenvalue weighted by Crippen LogP contribution is -2.12. The van der Waals surface area contributed by atoms with E-state index in [4.69, 9.17) is 14.6 Å². The number of hydrogen-bond acceptors (Lipinski definition) is 3. The molecule has 0 spiro atoms. The maximum Gasteiger partial charge on any atom is 0.306 e. The quantitative estimate of drug-likeness (QED) is 0.693. The molecule has 0 aromatic heterocycles. The molecule has 1 N–H and O–H groups in total. The van der Waals surface area contributed by atoms with E-state index in [-0.39, 0.29) is 12.4 Å². The molecule has 0 aliphatic rings. The molecule has 2 rings (SSSR count). The Morgan fingerprint density at radius 2 is 1.56 bits per heavy atom. The number of carboxylic acid groups (broad SMARTS) is 1. The Morgan fingerprint density at radius 1 is 1.00 bits per heavy atom. The van der Waals surface area contributed by atoms with E-state index in [0.717, 1.165) is 23.8 Å². The average molecular weight is 350 g/mol. The van der Waals surface area contributed by atoms with Crippen LogP contribution < -0.4 is 9.47 Å². The topological polar surface area (TPSA) is 55.8 Å². The van der Waals surface area contributed by atoms with Crippen molar-refractivity contribution in [3.05, 3.63) is 59.7 Å². The van der Waals surface area contributed by atoms with E-state index in [1.807, 2.05) is 12.1 Å². The van der Waals surface area contributed by atoms with Crippen LogP contribution in [0.4, 0.5) is 8.78 Å². The standard InChI is InChI=1S/C19H20F2O4/c1-13(19(22)23)9-14-3-5-17(6-4-14)24-7-2-8-25-18-11-15(20)10-16(21)12-18/h3-6,10-13H,2,7-9H2,1H3,(H,22,23). The predicted molar refractivity (Wildman–Crippen MR) is 88.9 cm³/mol. The summed E-state index contributed by atoms with van der Waals surface area (Å²) in [5.74, 6) is -1.79. The van der Waals surface area contributed by atoms with E-state index in [9.17, 15) is 13.6 Å². The molecule has 2 aromatic rings. The molecule has 2 aromatic carbocycles. The highest BCUT2D eigenvalue weighted by molar-refractivity contribution is 5.69. The lowest BCUT2D eigenvalue weighted by atomic mass is 10.0. The SMILES string of the molecule is CC(Cc1ccc(OCCCOc2cc(F)cc(F)c2)cc1)C(=O)O. The Balaban J connectivity index is 1.70. The molecule has 1 unspecified atom stereocenters. The van der Waals surface area contributed by atoms with E-state index in [1.54, 1.807) is 19.1 Å². The minimum atomic E-state index is -0.821. The van der Waals surface area contributed by atoms with Crippen molar-refractivity contribution >= 4 is 5.97 Å². The molecule has 0 fully saturated rings. The molecule has 0 bridgehead atoms. The lowest BCUT2D eigenvalue weighted by molar-refractivity contribution is -0.141. The van der Waals surface area contributed by atoms with Crippen molar-refractivity contribution in [1.82, 2.24) is 0 Å². The summed E-state index contributed by atoms with van der Waals surface area (Å²) in [7, 11) is 0. The van der Waals surface area contributed by atoms with Crippen LogP contribution in [0.3, 0.4) is 0 Å². The fourth-order valence-electron chi connectivity index (χ4n) is 2.21. The molecule has 0 radical (unpaired) electrons. The zero-order valence-corrected chi connectivity index (χ0v) is 13.9. The number of aliphatic carboxylic acids is 1. The van der Waals surface area contributed by atoms with Crippen LogP contribution in [-0.4, -0.2) is 24.3 Å². The van der Waals surface area contributed by atoms with E-state index in [2.05, 4.69) is 0 Å². The molecule has 0 aliphatic heterocycles. The number of hydrogen-bond donors (Lipinski definition) is 1. The van der Waals surface area contributed by atoms with Crippen molar-refractivity contribution < 1.29 is 28.2 Å². The van der Waals surface area contributed by atoms with Crippen LogP contribution in [0.1, 0.15) is 18.9 Å². The molecule has 4 nitrogen and oxygen atoms in total. The number of rotatable bonds is 9. The van der Waals surface area contributed by atoms with E-state index >= 15 is 0 Å². The van der Waals surface area contributed by atoms with Crippen LogP contribution in [0.25, 0.3) is 0 Å². The summed E-state index contributed by atoms with van der Waals surface area (Å²) < 4.78 is 36.8. The van der Waals surface area contributed by atoms with Crippen LogP contribution in [0.2, 0.25) is 0 Å². The van der Waals surface area contributed by atoms with Crippen molar-refractivity contribution in [2.24, 2.45) is 5.92 Å². The minimum absolute atomic E-state index is 0.148. The van der Waals surface area contributed by atoms with Gasteiger partial charge in [0.2, 0.25) is 0 Å². The monoisotopic (exact) mass is 350 g/mol. The van der Waals surface area contributed by atoms with Gasteiger partial charge in [-0.15, -0.1) is 0 Å². The summed E-state index contributed by atoms with van der Waals surface area (Å²) in [5.41, 5.74) is 0.929. The maximum absolute atomic E-state index is 13.0. The van der Waals surface area contributed by atoms with Gasteiger partial charge in [0.25, 0.3) is 0 Å². The van der Waals surface area contributed by atoms with Gasteiger partial charge in [-0.05, 0) is 24.1 Å². The van der Waals surface area contributed by atoms with Crippen molar-refractivity contribution in [2.75, 3.05) is 13.2 Å². The smallest absolute Gasteiger partial charge is 0.306 e. The molecule has 134 valence electrons. The summed E-state index contributed by atoms with van der Waals surface area (Å²) in [6.07, 6.45) is 1.02. The van der Waals surface area contributed by atoms with Gasteiger partial charge in [-0.2, -0.15) is 0 Å². The molecule has 0 aliphatic carbocycles. The molecule has 0 heterocycles. The summed E-state index contributed by atoms with van der Waals surface area (Å²) in [6, 6.07) is 10.3. The summed E-state index contributed by atoms with van der Waals surface area (Å²) in [5, 5.41) is 8.90. The number of carboxylic acids is 1. The van der Waals surface area contributed by atoms with Crippen molar-refractivity contribution in [3.8, 4) is 11.5 Å². The first-order valence-electron chi connectivity index (χ1n) is 7.97. The highest BCUT2D eigenvalue weighted by atomic mass is 19.1. The van der Waals surface area contributed by atoms with Crippen LogP contribution >= 0.6 is 0 Å². The van der Waals surface area contributed by atoms with E-state index in [1.165, 1.54) is 0 Å². The number of carbonyl (C=O) groups is 1. The van der Waals surface area contributed by atoms with Gasteiger partial charge in [-0.25, -0.2) is 8.78 Å². The van der Waals surface area contributed by atoms with Crippen molar-refractivity contribution in [1.29, 1.82) is 0 Å². The van der Waals surface area contributed by atoms with E-state index < -0.39 is 23.5 Å². The maximum atomic E-state index is 13.0. The van der Waals surface area contributed by atoms with E-state index in [0.29, 0.717) is 25.2 Å². The molecular formula is C19H20F2O4. The molecule has 1 atom stereocenters. The normalized spacial score (nSPS) is 11.8. The molecular weight excluding hydrogens is 330 g/mol. The first-order chi connectivity index (χ1) is 11.9. The molecule has 0 saturated carbocycles. The Bertz CT molecular complexity index is 681. The first kappa shape index (κ1) is 18.7. The number of benzene rings is 2. The fraction of sp³-hybridized carbons (Fsp3) is 0.316. The van der Waals surface area contributed by atoms with Gasteiger partial charge in [-0.3, -0.25) is 4.79 Å². The third kappa shape index (κ3) is 6.41. The second kappa shape index (κ2) is 9.01. The Hall–Kier alpha value is -2.63. The largest absolute Gasteiger partial charge is 0.493 e. The zero-order chi connectivity index (χ0) is 18.2. The Kier molecular flexibility index (Phi) is 6.74. The van der Waals surface area contributed by atoms with Crippen LogP contribution in [0.5, 0.6) is 11.5 Å². The molecule has 0 saturated heterocycles. The highest BCUT2D eigenvalue weighted by Gasteiger charge is 2.11. The molecule has 0 amide bonds. The fourth-order valence-corrected chi connectivity index (χ4v) is 2.21. The van der Waals surface area contributed by atoms with Gasteiger partial charge in [0.15, 0.2) is 0 Å². The third-order valence-corrected chi connectivity index (χ3v) is 3.55. The zero-order valence-electron chi connectivity index (χ0n) is 13.9. The number of halogens is 2. The first-order valence-corrected chi connectivity index (χ1v) is 7.97. The van der Waals surface area contributed by atoms with Gasteiger partial charge in [0.05, 0.1) is 19.1 Å². The Morgan fingerprint density at radius 3 is 2.12 bits per heavy atom. The molecule has 6 heteroatoms. The summed E-state index contributed by atoms with van der Waals surface area (Å²) >= 11 is 0. The second-order valence-electron chi connectivity index (χ2n) is 5.74. The number of ether oxygens (including phenoxy) is 2. The highest BCUT2D eigenvalue weighted by Crippen LogP contribution is 2.17. The van der Waals surface area contributed by atoms with Crippen LogP contribution in [-0.2, 0) is 11.2 Å². The minimum Gasteiger partial charge on any atom is -0.493 e.